The lowest BCUT2D eigenvalue weighted by Gasteiger charge is -2.19. The predicted octanol–water partition coefficient (Wildman–Crippen LogP) is 9.28. The van der Waals surface area contributed by atoms with Crippen LogP contribution in [0.5, 0.6) is 0 Å². The maximum atomic E-state index is 2.46. The fourth-order valence-corrected chi connectivity index (χ4v) is 6.56. The van der Waals surface area contributed by atoms with Crippen LogP contribution in [0.2, 0.25) is 0 Å². The van der Waals surface area contributed by atoms with Gasteiger partial charge in [0.2, 0.25) is 0 Å². The molecule has 0 amide bonds. The van der Waals surface area contributed by atoms with Gasteiger partial charge in [-0.05, 0) is 70.3 Å². The number of rotatable bonds is 3. The lowest BCUT2D eigenvalue weighted by Crippen LogP contribution is -2.10. The van der Waals surface area contributed by atoms with Gasteiger partial charge in [-0.2, -0.15) is 0 Å². The highest BCUT2D eigenvalue weighted by molar-refractivity contribution is 7.50. The zero-order valence-electron chi connectivity index (χ0n) is 19.6. The second-order valence-corrected chi connectivity index (χ2v) is 12.6. The van der Waals surface area contributed by atoms with E-state index in [1.165, 1.54) is 48.2 Å². The van der Waals surface area contributed by atoms with Gasteiger partial charge in [0.05, 0.1) is 0 Å². The molecule has 0 radical (unpaired) electrons. The Morgan fingerprint density at radius 2 is 1.10 bits per heavy atom. The number of benzene rings is 3. The van der Waals surface area contributed by atoms with Crippen molar-refractivity contribution in [1.82, 2.24) is 0 Å². The van der Waals surface area contributed by atoms with Crippen LogP contribution in [-0.2, 0) is 17.3 Å². The van der Waals surface area contributed by atoms with E-state index in [2.05, 4.69) is 109 Å². The Labute approximate surface area is 184 Å². The summed E-state index contributed by atoms with van der Waals surface area (Å²) in [4.78, 5) is 1.43. The summed E-state index contributed by atoms with van der Waals surface area (Å²) >= 11 is 0. The van der Waals surface area contributed by atoms with Gasteiger partial charge in [-0.25, -0.2) is 0 Å². The monoisotopic (exact) mass is 415 g/mol. The number of fused-ring (bicyclic) bond motifs is 3. The summed E-state index contributed by atoms with van der Waals surface area (Å²) in [6, 6.07) is 23.8. The average Bonchev–Trinajstić information content (AvgIpc) is 3.00. The van der Waals surface area contributed by atoms with E-state index in [0.29, 0.717) is 0 Å². The van der Waals surface area contributed by atoms with Crippen LogP contribution in [0.25, 0.3) is 25.1 Å². The first-order chi connectivity index (χ1) is 14.1. The van der Waals surface area contributed by atoms with Crippen molar-refractivity contribution in [3.8, 4) is 4.90 Å². The minimum atomic E-state index is -0.0229. The van der Waals surface area contributed by atoms with Gasteiger partial charge in [-0.3, -0.25) is 0 Å². The quantitative estimate of drug-likeness (QED) is 0.292. The molecule has 4 aromatic rings. The Bertz CT molecular complexity index is 1120. The molecule has 0 bridgehead atoms. The van der Waals surface area contributed by atoms with Crippen molar-refractivity contribution in [3.05, 3.63) is 77.4 Å². The summed E-state index contributed by atoms with van der Waals surface area (Å²) in [5.41, 5.74) is 4.57. The minimum Gasteiger partial charge on any atom is -0.0651 e. The second kappa shape index (κ2) is 7.54. The maximum absolute atomic E-state index is 2.46. The molecule has 3 aromatic carbocycles. The highest BCUT2D eigenvalue weighted by Crippen LogP contribution is 2.50. The van der Waals surface area contributed by atoms with Gasteiger partial charge in [-0.15, -0.1) is 0 Å². The van der Waals surface area contributed by atoms with E-state index in [-0.39, 0.29) is 21.3 Å². The van der Waals surface area contributed by atoms with Gasteiger partial charge in [0.1, 0.15) is 0 Å². The van der Waals surface area contributed by atoms with Crippen LogP contribution >= 0.6 is 10.5 Å². The number of aryl methyl sites for hydroxylation is 1. The fourth-order valence-electron chi connectivity index (χ4n) is 4.22. The molecule has 0 fully saturated rings. The van der Waals surface area contributed by atoms with Gasteiger partial charge in [-0.1, -0.05) is 79.2 Å². The lowest BCUT2D eigenvalue weighted by molar-refractivity contribution is 0.590. The van der Waals surface area contributed by atoms with Crippen LogP contribution < -0.4 is 0 Å². The Morgan fingerprint density at radius 1 is 0.633 bits per heavy atom. The van der Waals surface area contributed by atoms with E-state index >= 15 is 0 Å². The van der Waals surface area contributed by atoms with Crippen molar-refractivity contribution in [3.63, 3.8) is 0 Å². The number of hydrogen-bond acceptors (Lipinski definition) is 0. The van der Waals surface area contributed by atoms with Crippen molar-refractivity contribution in [2.24, 2.45) is 0 Å². The molecule has 30 heavy (non-hydrogen) atoms. The summed E-state index contributed by atoms with van der Waals surface area (Å²) in [6.07, 6.45) is 2.35. The van der Waals surface area contributed by atoms with Gasteiger partial charge < -0.3 is 0 Å². The van der Waals surface area contributed by atoms with E-state index in [4.69, 9.17) is 0 Å². The molecular formula is C29H35S+. The molecule has 0 nitrogen and oxygen atoms in total. The summed E-state index contributed by atoms with van der Waals surface area (Å²) in [6.45, 7) is 16.1. The molecular weight excluding hydrogens is 380 g/mol. The molecule has 0 aliphatic heterocycles. The Kier molecular flexibility index (Phi) is 5.31. The fraction of sp³-hybridized carbons (Fsp3) is 0.379. The Balaban J connectivity index is 2.03. The molecule has 1 heteroatoms. The zero-order chi connectivity index (χ0) is 21.7. The minimum absolute atomic E-state index is 0.0229. The number of hydrogen-bond donors (Lipinski definition) is 0. The van der Waals surface area contributed by atoms with E-state index in [0.717, 1.165) is 6.42 Å². The van der Waals surface area contributed by atoms with E-state index in [9.17, 15) is 0 Å². The largest absolute Gasteiger partial charge is 0.187 e. The van der Waals surface area contributed by atoms with Crippen molar-refractivity contribution in [2.45, 2.75) is 72.1 Å². The molecule has 0 unspecified atom stereocenters. The first kappa shape index (κ1) is 21.1. The maximum Gasteiger partial charge on any atom is 0.187 e. The van der Waals surface area contributed by atoms with Gasteiger partial charge in [0, 0.05) is 21.2 Å². The van der Waals surface area contributed by atoms with Gasteiger partial charge in [0.15, 0.2) is 14.3 Å². The van der Waals surface area contributed by atoms with Gasteiger partial charge >= 0.3 is 0 Å². The average molecular weight is 416 g/mol. The summed E-state index contributed by atoms with van der Waals surface area (Å²) in [5.74, 6) is 0. The van der Waals surface area contributed by atoms with Crippen LogP contribution in [-0.4, -0.2) is 0 Å². The molecule has 1 aromatic heterocycles. The van der Waals surface area contributed by atoms with Crippen molar-refractivity contribution in [2.75, 3.05) is 0 Å². The van der Waals surface area contributed by atoms with Crippen LogP contribution in [0.1, 0.15) is 71.6 Å². The van der Waals surface area contributed by atoms with E-state index in [1.807, 2.05) is 0 Å². The second-order valence-electron chi connectivity index (χ2n) is 10.6. The van der Waals surface area contributed by atoms with Gasteiger partial charge in [0.25, 0.3) is 0 Å². The van der Waals surface area contributed by atoms with E-state index in [1.54, 1.807) is 0 Å². The smallest absolute Gasteiger partial charge is 0.0651 e. The highest BCUT2D eigenvalue weighted by Gasteiger charge is 2.27. The third kappa shape index (κ3) is 3.81. The predicted molar refractivity (Wildman–Crippen MR) is 137 cm³/mol. The summed E-state index contributed by atoms with van der Waals surface area (Å²) < 4.78 is 2.96. The summed E-state index contributed by atoms with van der Waals surface area (Å²) in [5, 5.41) is 2.87. The Morgan fingerprint density at radius 3 is 1.50 bits per heavy atom. The molecule has 1 heterocycles. The molecule has 4 rings (SSSR count). The molecule has 0 aliphatic rings. The van der Waals surface area contributed by atoms with Crippen LogP contribution in [0.3, 0.4) is 0 Å². The molecule has 0 saturated carbocycles. The standard InChI is InChI=1S/C29H35S/c1-8-9-20-10-14-23(15-11-20)30-26-16-12-21(28(2,3)4)18-24(26)25-19-22(29(5,6)7)13-17-27(25)30/h10-19H,8-9H2,1-7H3/q+1. The van der Waals surface area contributed by atoms with Crippen molar-refractivity contribution >= 4 is 30.6 Å². The molecule has 156 valence electrons. The van der Waals surface area contributed by atoms with E-state index < -0.39 is 0 Å². The molecule has 0 aliphatic carbocycles. The molecule has 0 spiro atoms. The molecule has 0 N–H and O–H groups in total. The zero-order valence-corrected chi connectivity index (χ0v) is 20.4. The topological polar surface area (TPSA) is 0 Å². The molecule has 0 saturated heterocycles. The lowest BCUT2D eigenvalue weighted by atomic mass is 9.85. The van der Waals surface area contributed by atoms with Crippen molar-refractivity contribution < 1.29 is 0 Å². The normalized spacial score (nSPS) is 12.8. The van der Waals surface area contributed by atoms with Crippen LogP contribution in [0.15, 0.2) is 60.7 Å². The molecule has 0 atom stereocenters. The highest BCUT2D eigenvalue weighted by atomic mass is 32.2. The van der Waals surface area contributed by atoms with Crippen LogP contribution in [0, 0.1) is 0 Å². The first-order valence-corrected chi connectivity index (χ1v) is 12.4. The van der Waals surface area contributed by atoms with Crippen molar-refractivity contribution in [1.29, 1.82) is 0 Å². The Hall–Kier alpha value is -2.12. The third-order valence-corrected chi connectivity index (χ3v) is 8.45. The summed E-state index contributed by atoms with van der Waals surface area (Å²) in [7, 11) is -0.0229. The number of thiophene rings is 1. The third-order valence-electron chi connectivity index (χ3n) is 6.12. The van der Waals surface area contributed by atoms with Crippen LogP contribution in [0.4, 0.5) is 0 Å². The SMILES string of the molecule is CCCc1ccc(-[s+]2c3ccc(C(C)(C)C)cc3c3cc(C(C)(C)C)ccc32)cc1. The first-order valence-electron chi connectivity index (χ1n) is 11.2.